The summed E-state index contributed by atoms with van der Waals surface area (Å²) in [7, 11) is 0. The molecular weight excluding hydrogens is 280 g/mol. The van der Waals surface area contributed by atoms with Crippen molar-refractivity contribution in [2.45, 2.75) is 12.3 Å². The number of hydrogen-bond donors (Lipinski definition) is 3. The van der Waals surface area contributed by atoms with Crippen LogP contribution < -0.4 is 10.8 Å². The van der Waals surface area contributed by atoms with Gasteiger partial charge in [-0.05, 0) is 11.1 Å². The van der Waals surface area contributed by atoms with Crippen LogP contribution in [-0.2, 0) is 9.59 Å². The van der Waals surface area contributed by atoms with E-state index in [2.05, 4.69) is 5.32 Å². The first-order chi connectivity index (χ1) is 10.7. The topological polar surface area (TPSA) is 78.4 Å². The summed E-state index contributed by atoms with van der Waals surface area (Å²) >= 11 is 0. The third-order valence-corrected chi connectivity index (χ3v) is 3.35. The Bertz CT molecular complexity index is 575. The SMILES string of the molecule is O=C(CC(=O)NCC(c1ccccc1)c1ccccc1)NO. The highest BCUT2D eigenvalue weighted by atomic mass is 16.5. The van der Waals surface area contributed by atoms with Crippen molar-refractivity contribution in [3.8, 4) is 0 Å². The summed E-state index contributed by atoms with van der Waals surface area (Å²) in [5.41, 5.74) is 3.61. The Morgan fingerprint density at radius 3 is 1.82 bits per heavy atom. The van der Waals surface area contributed by atoms with Gasteiger partial charge in [0.25, 0.3) is 5.91 Å². The predicted octanol–water partition coefficient (Wildman–Crippen LogP) is 1.83. The Labute approximate surface area is 128 Å². The zero-order chi connectivity index (χ0) is 15.8. The largest absolute Gasteiger partial charge is 0.355 e. The van der Waals surface area contributed by atoms with Crippen LogP contribution >= 0.6 is 0 Å². The van der Waals surface area contributed by atoms with E-state index in [1.807, 2.05) is 60.7 Å². The third kappa shape index (κ3) is 4.43. The molecule has 0 atom stereocenters. The maximum absolute atomic E-state index is 11.7. The number of hydroxylamine groups is 1. The molecule has 0 saturated carbocycles. The van der Waals surface area contributed by atoms with Crippen LogP contribution in [0.25, 0.3) is 0 Å². The standard InChI is InChI=1S/C17H18N2O3/c20-16(11-17(21)19-22)18-12-15(13-7-3-1-4-8-13)14-9-5-2-6-10-14/h1-10,15,22H,11-12H2,(H,18,20)(H,19,21). The van der Waals surface area contributed by atoms with Gasteiger partial charge in [0.1, 0.15) is 6.42 Å². The minimum Gasteiger partial charge on any atom is -0.355 e. The van der Waals surface area contributed by atoms with Gasteiger partial charge in [-0.15, -0.1) is 0 Å². The number of nitrogens with one attached hydrogen (secondary N) is 2. The zero-order valence-electron chi connectivity index (χ0n) is 12.0. The van der Waals surface area contributed by atoms with Gasteiger partial charge >= 0.3 is 0 Å². The highest BCUT2D eigenvalue weighted by Gasteiger charge is 2.16. The van der Waals surface area contributed by atoms with Crippen molar-refractivity contribution < 1.29 is 14.8 Å². The molecule has 3 N–H and O–H groups in total. The minimum atomic E-state index is -0.728. The van der Waals surface area contributed by atoms with Gasteiger partial charge in [0.05, 0.1) is 0 Å². The van der Waals surface area contributed by atoms with Crippen molar-refractivity contribution in [1.29, 1.82) is 0 Å². The number of rotatable bonds is 6. The fourth-order valence-electron chi connectivity index (χ4n) is 2.26. The molecule has 2 aromatic rings. The molecule has 0 aliphatic rings. The number of carbonyl (C=O) groups is 2. The Morgan fingerprint density at radius 2 is 1.36 bits per heavy atom. The highest BCUT2D eigenvalue weighted by Crippen LogP contribution is 2.23. The molecule has 114 valence electrons. The van der Waals surface area contributed by atoms with E-state index in [0.29, 0.717) is 6.54 Å². The summed E-state index contributed by atoms with van der Waals surface area (Å²) in [5, 5.41) is 11.2. The molecule has 0 unspecified atom stereocenters. The first-order valence-electron chi connectivity index (χ1n) is 7.00. The number of amides is 2. The molecule has 0 aliphatic carbocycles. The van der Waals surface area contributed by atoms with Crippen LogP contribution in [0.5, 0.6) is 0 Å². The highest BCUT2D eigenvalue weighted by molar-refractivity contribution is 5.96. The van der Waals surface area contributed by atoms with Crippen LogP contribution in [0, 0.1) is 0 Å². The number of hydrogen-bond acceptors (Lipinski definition) is 3. The van der Waals surface area contributed by atoms with Crippen molar-refractivity contribution in [2.24, 2.45) is 0 Å². The molecule has 5 heteroatoms. The second-order valence-electron chi connectivity index (χ2n) is 4.89. The normalized spacial score (nSPS) is 10.3. The van der Waals surface area contributed by atoms with Crippen LogP contribution in [0.15, 0.2) is 60.7 Å². The molecule has 0 bridgehead atoms. The van der Waals surface area contributed by atoms with Gasteiger partial charge in [-0.3, -0.25) is 14.8 Å². The van der Waals surface area contributed by atoms with E-state index in [9.17, 15) is 9.59 Å². The Kier molecular flexibility index (Phi) is 5.68. The van der Waals surface area contributed by atoms with E-state index in [1.54, 1.807) is 0 Å². The quantitative estimate of drug-likeness (QED) is 0.432. The third-order valence-electron chi connectivity index (χ3n) is 3.35. The van der Waals surface area contributed by atoms with Crippen molar-refractivity contribution in [1.82, 2.24) is 10.8 Å². The van der Waals surface area contributed by atoms with E-state index in [4.69, 9.17) is 5.21 Å². The zero-order valence-corrected chi connectivity index (χ0v) is 12.0. The predicted molar refractivity (Wildman–Crippen MR) is 82.3 cm³/mol. The molecule has 0 heterocycles. The van der Waals surface area contributed by atoms with Crippen LogP contribution in [0.4, 0.5) is 0 Å². The molecule has 2 amide bonds. The molecule has 2 rings (SSSR count). The maximum Gasteiger partial charge on any atom is 0.252 e. The molecule has 22 heavy (non-hydrogen) atoms. The van der Waals surface area contributed by atoms with Crippen molar-refractivity contribution in [2.75, 3.05) is 6.54 Å². The second-order valence-corrected chi connectivity index (χ2v) is 4.89. The average Bonchev–Trinajstić information content (AvgIpc) is 2.57. The number of carbonyl (C=O) groups excluding carboxylic acids is 2. The summed E-state index contributed by atoms with van der Waals surface area (Å²) in [5.74, 6) is -1.15. The Morgan fingerprint density at radius 1 is 0.864 bits per heavy atom. The van der Waals surface area contributed by atoms with Crippen LogP contribution in [0.2, 0.25) is 0 Å². The van der Waals surface area contributed by atoms with Gasteiger partial charge in [-0.2, -0.15) is 0 Å². The lowest BCUT2D eigenvalue weighted by molar-refractivity contribution is -0.134. The summed E-state index contributed by atoms with van der Waals surface area (Å²) in [4.78, 5) is 22.7. The summed E-state index contributed by atoms with van der Waals surface area (Å²) in [6, 6.07) is 19.7. The molecule has 0 aromatic heterocycles. The molecule has 0 spiro atoms. The van der Waals surface area contributed by atoms with E-state index >= 15 is 0 Å². The van der Waals surface area contributed by atoms with Gasteiger partial charge in [0, 0.05) is 12.5 Å². The van der Waals surface area contributed by atoms with Crippen molar-refractivity contribution >= 4 is 11.8 Å². The van der Waals surface area contributed by atoms with Crippen LogP contribution in [-0.4, -0.2) is 23.6 Å². The van der Waals surface area contributed by atoms with E-state index in [1.165, 1.54) is 5.48 Å². The van der Waals surface area contributed by atoms with E-state index in [0.717, 1.165) is 11.1 Å². The van der Waals surface area contributed by atoms with Gasteiger partial charge in [-0.1, -0.05) is 60.7 Å². The summed E-state index contributed by atoms with van der Waals surface area (Å²) in [6.07, 6.45) is -0.396. The van der Waals surface area contributed by atoms with E-state index in [-0.39, 0.29) is 5.92 Å². The lowest BCUT2D eigenvalue weighted by atomic mass is 9.91. The lowest BCUT2D eigenvalue weighted by Gasteiger charge is -2.18. The van der Waals surface area contributed by atoms with Gasteiger partial charge in [0.2, 0.25) is 5.91 Å². The smallest absolute Gasteiger partial charge is 0.252 e. The maximum atomic E-state index is 11.7. The first kappa shape index (κ1) is 15.7. The second kappa shape index (κ2) is 7.95. The Balaban J connectivity index is 2.10. The summed E-state index contributed by atoms with van der Waals surface area (Å²) in [6.45, 7) is 0.381. The average molecular weight is 298 g/mol. The lowest BCUT2D eigenvalue weighted by Crippen LogP contribution is -2.33. The molecular formula is C17H18N2O3. The molecule has 0 saturated heterocycles. The number of benzene rings is 2. The van der Waals surface area contributed by atoms with Crippen LogP contribution in [0.1, 0.15) is 23.5 Å². The van der Waals surface area contributed by atoms with E-state index < -0.39 is 18.2 Å². The van der Waals surface area contributed by atoms with Crippen LogP contribution in [0.3, 0.4) is 0 Å². The molecule has 0 radical (unpaired) electrons. The fourth-order valence-corrected chi connectivity index (χ4v) is 2.26. The fraction of sp³-hybridized carbons (Fsp3) is 0.176. The molecule has 2 aromatic carbocycles. The first-order valence-corrected chi connectivity index (χ1v) is 7.00. The molecule has 0 aliphatic heterocycles. The summed E-state index contributed by atoms with van der Waals surface area (Å²) < 4.78 is 0. The van der Waals surface area contributed by atoms with Gasteiger partial charge in [-0.25, -0.2) is 5.48 Å². The van der Waals surface area contributed by atoms with Gasteiger partial charge in [0.15, 0.2) is 0 Å². The monoisotopic (exact) mass is 298 g/mol. The van der Waals surface area contributed by atoms with Gasteiger partial charge < -0.3 is 5.32 Å². The molecule has 0 fully saturated rings. The van der Waals surface area contributed by atoms with Crippen molar-refractivity contribution in [3.63, 3.8) is 0 Å². The minimum absolute atomic E-state index is 0.00328. The van der Waals surface area contributed by atoms with Crippen molar-refractivity contribution in [3.05, 3.63) is 71.8 Å². The molecule has 5 nitrogen and oxygen atoms in total. The Hall–Kier alpha value is -2.66.